The first-order valence-electron chi connectivity index (χ1n) is 9.10. The van der Waals surface area contributed by atoms with Crippen LogP contribution in [0.25, 0.3) is 0 Å². The van der Waals surface area contributed by atoms with Crippen LogP contribution in [-0.2, 0) is 4.79 Å². The lowest BCUT2D eigenvalue weighted by Crippen LogP contribution is -2.53. The predicted molar refractivity (Wildman–Crippen MR) is 115 cm³/mol. The maximum atomic E-state index is 13.4. The summed E-state index contributed by atoms with van der Waals surface area (Å²) in [7, 11) is 0. The summed E-state index contributed by atoms with van der Waals surface area (Å²) in [5.41, 5.74) is 13.0. The summed E-state index contributed by atoms with van der Waals surface area (Å²) in [6.45, 7) is 11.0. The molecule has 29 heavy (non-hydrogen) atoms. The van der Waals surface area contributed by atoms with Crippen LogP contribution >= 0.6 is 11.5 Å². The molecule has 0 radical (unpaired) electrons. The van der Waals surface area contributed by atoms with Gasteiger partial charge in [0.15, 0.2) is 5.69 Å². The fourth-order valence-corrected chi connectivity index (χ4v) is 3.68. The number of aryl methyl sites for hydroxylation is 2. The van der Waals surface area contributed by atoms with E-state index >= 15 is 0 Å². The third kappa shape index (κ3) is 5.11. The Bertz CT molecular complexity index is 941. The number of carbonyl (C=O) groups excluding carboxylic acids is 3. The zero-order valence-corrected chi connectivity index (χ0v) is 18.3. The van der Waals surface area contributed by atoms with Gasteiger partial charge in [-0.05, 0) is 76.3 Å². The minimum absolute atomic E-state index is 0.0633. The summed E-state index contributed by atoms with van der Waals surface area (Å²) in [6, 6.07) is 4.77. The Hall–Kier alpha value is -2.94. The molecule has 1 heterocycles. The number of nitrogens with two attached hydrogens (primary N) is 2. The van der Waals surface area contributed by atoms with Crippen LogP contribution in [0.15, 0.2) is 18.2 Å². The molecule has 8 nitrogen and oxygen atoms in total. The molecule has 5 N–H and O–H groups in total. The monoisotopic (exact) mass is 417 g/mol. The molecule has 3 amide bonds. The van der Waals surface area contributed by atoms with E-state index in [1.54, 1.807) is 6.92 Å². The Morgan fingerprint density at radius 1 is 1.14 bits per heavy atom. The SMILES string of the molecule is Cc1cc(C)cc(N(C(=O)c2snc(C(N)=O)c2N)C(C)C(=O)NC(C)(C)C)c1. The van der Waals surface area contributed by atoms with Gasteiger partial charge in [0, 0.05) is 11.2 Å². The van der Waals surface area contributed by atoms with Gasteiger partial charge in [0.1, 0.15) is 10.9 Å². The number of benzene rings is 1. The number of aromatic nitrogens is 1. The molecule has 2 aromatic rings. The summed E-state index contributed by atoms with van der Waals surface area (Å²) < 4.78 is 3.91. The number of nitrogens with one attached hydrogen (secondary N) is 1. The first kappa shape index (κ1) is 22.4. The van der Waals surface area contributed by atoms with Crippen LogP contribution < -0.4 is 21.7 Å². The average molecular weight is 418 g/mol. The molecule has 0 saturated carbocycles. The van der Waals surface area contributed by atoms with Crippen molar-refractivity contribution in [1.29, 1.82) is 0 Å². The van der Waals surface area contributed by atoms with Gasteiger partial charge < -0.3 is 16.8 Å². The zero-order chi connectivity index (χ0) is 22.1. The number of hydrogen-bond acceptors (Lipinski definition) is 6. The van der Waals surface area contributed by atoms with Gasteiger partial charge in [0.25, 0.3) is 11.8 Å². The van der Waals surface area contributed by atoms with E-state index < -0.39 is 23.4 Å². The Balaban J connectivity index is 2.56. The molecular formula is C20H27N5O3S. The summed E-state index contributed by atoms with van der Waals surface area (Å²) in [6.07, 6.45) is 0. The van der Waals surface area contributed by atoms with Gasteiger partial charge in [0.05, 0.1) is 5.69 Å². The highest BCUT2D eigenvalue weighted by Crippen LogP contribution is 2.29. The molecule has 2 rings (SSSR count). The lowest BCUT2D eigenvalue weighted by molar-refractivity contribution is -0.123. The van der Waals surface area contributed by atoms with Crippen molar-refractivity contribution in [1.82, 2.24) is 9.69 Å². The highest BCUT2D eigenvalue weighted by atomic mass is 32.1. The van der Waals surface area contributed by atoms with Crippen molar-refractivity contribution in [3.63, 3.8) is 0 Å². The van der Waals surface area contributed by atoms with Crippen LogP contribution in [0.5, 0.6) is 0 Å². The topological polar surface area (TPSA) is 131 Å². The third-order valence-corrected chi connectivity index (χ3v) is 4.97. The van der Waals surface area contributed by atoms with Crippen molar-refractivity contribution < 1.29 is 14.4 Å². The molecular weight excluding hydrogens is 390 g/mol. The van der Waals surface area contributed by atoms with Crippen molar-refractivity contribution >= 4 is 40.6 Å². The highest BCUT2D eigenvalue weighted by molar-refractivity contribution is 7.09. The van der Waals surface area contributed by atoms with E-state index in [4.69, 9.17) is 11.5 Å². The number of anilines is 2. The maximum Gasteiger partial charge on any atom is 0.272 e. The number of nitrogens with zero attached hydrogens (tertiary/aromatic N) is 2. The molecule has 0 fully saturated rings. The van der Waals surface area contributed by atoms with Gasteiger partial charge in [-0.3, -0.25) is 19.3 Å². The van der Waals surface area contributed by atoms with Gasteiger partial charge in [-0.25, -0.2) is 0 Å². The van der Waals surface area contributed by atoms with Crippen LogP contribution in [-0.4, -0.2) is 33.7 Å². The van der Waals surface area contributed by atoms with Crippen molar-refractivity contribution in [3.05, 3.63) is 39.9 Å². The molecule has 0 spiro atoms. The Morgan fingerprint density at radius 2 is 1.69 bits per heavy atom. The fourth-order valence-electron chi connectivity index (χ4n) is 2.94. The summed E-state index contributed by atoms with van der Waals surface area (Å²) in [5.74, 6) is -1.65. The second-order valence-electron chi connectivity index (χ2n) is 8.07. The average Bonchev–Trinajstić information content (AvgIpc) is 2.94. The first-order chi connectivity index (χ1) is 13.3. The molecule has 9 heteroatoms. The minimum Gasteiger partial charge on any atom is -0.395 e. The zero-order valence-electron chi connectivity index (χ0n) is 17.5. The minimum atomic E-state index is -0.832. The summed E-state index contributed by atoms with van der Waals surface area (Å²) in [5, 5.41) is 2.89. The van der Waals surface area contributed by atoms with E-state index in [-0.39, 0.29) is 22.2 Å². The molecule has 1 atom stereocenters. The molecule has 0 aliphatic rings. The standard InChI is InChI=1S/C20H27N5O3S/c1-10-7-11(2)9-13(8-10)25(12(3)18(27)23-20(4,5)6)19(28)16-14(21)15(17(22)26)24-29-16/h7-9,12H,21H2,1-6H3,(H2,22,26)(H,23,27). The molecule has 0 saturated heterocycles. The van der Waals surface area contributed by atoms with Crippen molar-refractivity contribution in [2.45, 2.75) is 53.1 Å². The van der Waals surface area contributed by atoms with Crippen LogP contribution in [0.2, 0.25) is 0 Å². The first-order valence-corrected chi connectivity index (χ1v) is 9.88. The van der Waals surface area contributed by atoms with Crippen LogP contribution in [0.4, 0.5) is 11.4 Å². The fraction of sp³-hybridized carbons (Fsp3) is 0.400. The number of amides is 3. The van der Waals surface area contributed by atoms with Crippen LogP contribution in [0.1, 0.15) is 59.0 Å². The second-order valence-corrected chi connectivity index (χ2v) is 8.85. The van der Waals surface area contributed by atoms with Gasteiger partial charge >= 0.3 is 0 Å². The van der Waals surface area contributed by atoms with Crippen molar-refractivity contribution in [2.24, 2.45) is 5.73 Å². The van der Waals surface area contributed by atoms with E-state index in [0.29, 0.717) is 5.69 Å². The summed E-state index contributed by atoms with van der Waals surface area (Å²) >= 11 is 0.788. The highest BCUT2D eigenvalue weighted by Gasteiger charge is 2.33. The molecule has 156 valence electrons. The quantitative estimate of drug-likeness (QED) is 0.687. The molecule has 1 unspecified atom stereocenters. The molecule has 1 aromatic carbocycles. The van der Waals surface area contributed by atoms with E-state index in [1.165, 1.54) is 4.90 Å². The van der Waals surface area contributed by atoms with E-state index in [0.717, 1.165) is 22.7 Å². The van der Waals surface area contributed by atoms with Gasteiger partial charge in [-0.2, -0.15) is 4.37 Å². The van der Waals surface area contributed by atoms with Crippen LogP contribution in [0.3, 0.4) is 0 Å². The predicted octanol–water partition coefficient (Wildman–Crippen LogP) is 2.39. The molecule has 1 aromatic heterocycles. The lowest BCUT2D eigenvalue weighted by Gasteiger charge is -2.31. The molecule has 0 bridgehead atoms. The smallest absolute Gasteiger partial charge is 0.272 e. The number of carbonyl (C=O) groups is 3. The van der Waals surface area contributed by atoms with Crippen LogP contribution in [0, 0.1) is 13.8 Å². The Labute approximate surface area is 174 Å². The van der Waals surface area contributed by atoms with Crippen molar-refractivity contribution in [3.8, 4) is 0 Å². The number of rotatable bonds is 5. The van der Waals surface area contributed by atoms with Gasteiger partial charge in [-0.1, -0.05) is 6.07 Å². The lowest BCUT2D eigenvalue weighted by atomic mass is 10.1. The molecule has 0 aliphatic heterocycles. The normalized spacial score (nSPS) is 12.3. The Kier molecular flexibility index (Phi) is 6.32. The van der Waals surface area contributed by atoms with Gasteiger partial charge in [0.2, 0.25) is 5.91 Å². The van der Waals surface area contributed by atoms with E-state index in [2.05, 4.69) is 9.69 Å². The van der Waals surface area contributed by atoms with Gasteiger partial charge in [-0.15, -0.1) is 0 Å². The largest absolute Gasteiger partial charge is 0.395 e. The number of nitrogen functional groups attached to an aromatic ring is 1. The van der Waals surface area contributed by atoms with Crippen molar-refractivity contribution in [2.75, 3.05) is 10.6 Å². The maximum absolute atomic E-state index is 13.4. The number of primary amides is 1. The second kappa shape index (κ2) is 8.20. The van der Waals surface area contributed by atoms with E-state index in [9.17, 15) is 14.4 Å². The van der Waals surface area contributed by atoms with E-state index in [1.807, 2.05) is 52.8 Å². The molecule has 0 aliphatic carbocycles. The third-order valence-electron chi connectivity index (χ3n) is 4.12. The Morgan fingerprint density at radius 3 is 2.14 bits per heavy atom. The summed E-state index contributed by atoms with van der Waals surface area (Å²) in [4.78, 5) is 39.2. The number of hydrogen-bond donors (Lipinski definition) is 3.